The maximum atomic E-state index is 9.02. The van der Waals surface area contributed by atoms with Crippen LogP contribution < -0.4 is 10.2 Å². The molecule has 0 aliphatic heterocycles. The fourth-order valence-electron chi connectivity index (χ4n) is 1.50. The molecule has 0 aliphatic rings. The van der Waals surface area contributed by atoms with Gasteiger partial charge in [0.05, 0.1) is 17.8 Å². The highest BCUT2D eigenvalue weighted by Crippen LogP contribution is 2.10. The second-order valence-corrected chi connectivity index (χ2v) is 3.93. The van der Waals surface area contributed by atoms with Crippen LogP contribution in [-0.2, 0) is 6.61 Å². The predicted molar refractivity (Wildman–Crippen MR) is 69.6 cm³/mol. The van der Waals surface area contributed by atoms with E-state index >= 15 is 0 Å². The number of hydrogen-bond donors (Lipinski definition) is 2. The molecule has 2 aromatic rings. The first-order valence-electron chi connectivity index (χ1n) is 5.62. The summed E-state index contributed by atoms with van der Waals surface area (Å²) in [6.45, 7) is 0.318. The van der Waals surface area contributed by atoms with Gasteiger partial charge in [-0.15, -0.1) is 0 Å². The first-order chi connectivity index (χ1) is 9.19. The first-order valence-corrected chi connectivity index (χ1v) is 5.62. The molecule has 0 radical (unpaired) electrons. The van der Waals surface area contributed by atoms with Crippen molar-refractivity contribution in [1.82, 2.24) is 4.98 Å². The van der Waals surface area contributed by atoms with Crippen molar-refractivity contribution in [1.29, 1.82) is 5.26 Å². The number of pyridine rings is 1. The van der Waals surface area contributed by atoms with Crippen molar-refractivity contribution in [3.63, 3.8) is 0 Å². The monoisotopic (exact) mass is 254 g/mol. The van der Waals surface area contributed by atoms with Gasteiger partial charge in [0.1, 0.15) is 12.4 Å². The minimum Gasteiger partial charge on any atom is -0.487 e. The van der Waals surface area contributed by atoms with Gasteiger partial charge in [-0.25, -0.2) is 0 Å². The molecule has 19 heavy (non-hydrogen) atoms. The van der Waals surface area contributed by atoms with Crippen LogP contribution in [0.25, 0.3) is 0 Å². The number of benzene rings is 1. The average Bonchev–Trinajstić information content (AvgIpc) is 2.46. The van der Waals surface area contributed by atoms with Gasteiger partial charge in [0.15, 0.2) is 0 Å². The molecule has 0 spiro atoms. The van der Waals surface area contributed by atoms with Crippen molar-refractivity contribution in [2.75, 3.05) is 0 Å². The maximum Gasteiger partial charge on any atom is 0.490 e. The molecule has 1 aromatic carbocycles. The molecule has 0 fully saturated rings. The van der Waals surface area contributed by atoms with Crippen LogP contribution >= 0.6 is 0 Å². The highest BCUT2D eigenvalue weighted by molar-refractivity contribution is 6.58. The third kappa shape index (κ3) is 3.55. The first kappa shape index (κ1) is 13.1. The van der Waals surface area contributed by atoms with Gasteiger partial charge in [-0.1, -0.05) is 12.1 Å². The standard InChI is InChI=1S/C13H11BN2O3/c15-6-10-1-3-11(4-2-10)9-19-13-5-12(14(17)18)7-16-8-13/h1-5,7-8,17-18H,9H2. The Labute approximate surface area is 110 Å². The van der Waals surface area contributed by atoms with Crippen LogP contribution in [0.5, 0.6) is 5.75 Å². The van der Waals surface area contributed by atoms with Gasteiger partial charge in [0.2, 0.25) is 0 Å². The van der Waals surface area contributed by atoms with Gasteiger partial charge in [0.25, 0.3) is 0 Å². The summed E-state index contributed by atoms with van der Waals surface area (Å²) < 4.78 is 5.49. The van der Waals surface area contributed by atoms with E-state index in [-0.39, 0.29) is 5.46 Å². The van der Waals surface area contributed by atoms with E-state index in [0.717, 1.165) is 5.56 Å². The highest BCUT2D eigenvalue weighted by atomic mass is 16.5. The topological polar surface area (TPSA) is 86.4 Å². The summed E-state index contributed by atoms with van der Waals surface area (Å²) in [6.07, 6.45) is 2.86. The zero-order valence-electron chi connectivity index (χ0n) is 10.0. The zero-order chi connectivity index (χ0) is 13.7. The van der Waals surface area contributed by atoms with Crippen LogP contribution in [0, 0.1) is 11.3 Å². The quantitative estimate of drug-likeness (QED) is 0.762. The predicted octanol–water partition coefficient (Wildman–Crippen LogP) is 0.212. The van der Waals surface area contributed by atoms with Crippen molar-refractivity contribution >= 4 is 12.6 Å². The molecule has 0 aliphatic carbocycles. The van der Waals surface area contributed by atoms with E-state index in [1.165, 1.54) is 18.5 Å². The fraction of sp³-hybridized carbons (Fsp3) is 0.0769. The highest BCUT2D eigenvalue weighted by Gasteiger charge is 2.11. The molecule has 1 heterocycles. The number of aromatic nitrogens is 1. The van der Waals surface area contributed by atoms with E-state index in [0.29, 0.717) is 17.9 Å². The van der Waals surface area contributed by atoms with E-state index in [4.69, 9.17) is 20.0 Å². The van der Waals surface area contributed by atoms with Gasteiger partial charge in [0, 0.05) is 11.7 Å². The summed E-state index contributed by atoms with van der Waals surface area (Å²) in [5.41, 5.74) is 1.78. The van der Waals surface area contributed by atoms with Crippen LogP contribution in [-0.4, -0.2) is 22.2 Å². The van der Waals surface area contributed by atoms with Crippen LogP contribution in [0.15, 0.2) is 42.7 Å². The van der Waals surface area contributed by atoms with Crippen molar-refractivity contribution in [3.8, 4) is 11.8 Å². The lowest BCUT2D eigenvalue weighted by Gasteiger charge is -2.07. The molecular formula is C13H11BN2O3. The lowest BCUT2D eigenvalue weighted by atomic mass is 9.82. The Morgan fingerprint density at radius 2 is 1.95 bits per heavy atom. The lowest BCUT2D eigenvalue weighted by molar-refractivity contribution is 0.305. The summed E-state index contributed by atoms with van der Waals surface area (Å²) in [7, 11) is -1.56. The van der Waals surface area contributed by atoms with E-state index in [9.17, 15) is 0 Å². The van der Waals surface area contributed by atoms with E-state index < -0.39 is 7.12 Å². The molecule has 0 atom stereocenters. The fourth-order valence-corrected chi connectivity index (χ4v) is 1.50. The Balaban J connectivity index is 2.02. The molecule has 6 heteroatoms. The molecule has 5 nitrogen and oxygen atoms in total. The van der Waals surface area contributed by atoms with Crippen molar-refractivity contribution in [2.24, 2.45) is 0 Å². The summed E-state index contributed by atoms with van der Waals surface area (Å²) >= 11 is 0. The third-order valence-corrected chi connectivity index (χ3v) is 2.52. The second-order valence-electron chi connectivity index (χ2n) is 3.93. The van der Waals surface area contributed by atoms with Crippen LogP contribution in [0.2, 0.25) is 0 Å². The number of nitriles is 1. The molecule has 2 N–H and O–H groups in total. The van der Waals surface area contributed by atoms with Crippen LogP contribution in [0.3, 0.4) is 0 Å². The molecule has 1 aromatic heterocycles. The van der Waals surface area contributed by atoms with Gasteiger partial charge in [-0.2, -0.15) is 5.26 Å². The maximum absolute atomic E-state index is 9.02. The largest absolute Gasteiger partial charge is 0.490 e. The molecular weight excluding hydrogens is 243 g/mol. The number of rotatable bonds is 4. The van der Waals surface area contributed by atoms with Crippen LogP contribution in [0.1, 0.15) is 11.1 Å². The van der Waals surface area contributed by atoms with Gasteiger partial charge >= 0.3 is 7.12 Å². The van der Waals surface area contributed by atoms with E-state index in [1.807, 2.05) is 6.07 Å². The molecule has 2 rings (SSSR count). The van der Waals surface area contributed by atoms with Crippen molar-refractivity contribution in [3.05, 3.63) is 53.9 Å². The Bertz CT molecular complexity index is 594. The third-order valence-electron chi connectivity index (χ3n) is 2.52. The molecule has 0 unspecified atom stereocenters. The van der Waals surface area contributed by atoms with Crippen molar-refractivity contribution < 1.29 is 14.8 Å². The minimum atomic E-state index is -1.56. The Morgan fingerprint density at radius 3 is 2.58 bits per heavy atom. The van der Waals surface area contributed by atoms with Crippen molar-refractivity contribution in [2.45, 2.75) is 6.61 Å². The molecule has 94 valence electrons. The Morgan fingerprint density at radius 1 is 1.21 bits per heavy atom. The number of nitrogens with zero attached hydrogens (tertiary/aromatic N) is 2. The van der Waals surface area contributed by atoms with Gasteiger partial charge in [-0.05, 0) is 23.8 Å². The summed E-state index contributed by atoms with van der Waals surface area (Å²) in [5.74, 6) is 0.454. The van der Waals surface area contributed by atoms with E-state index in [2.05, 4.69) is 4.98 Å². The Hall–Kier alpha value is -2.36. The average molecular weight is 254 g/mol. The summed E-state index contributed by atoms with van der Waals surface area (Å²) in [6, 6.07) is 10.6. The molecule has 0 saturated heterocycles. The SMILES string of the molecule is N#Cc1ccc(COc2cncc(B(O)O)c2)cc1. The normalized spacial score (nSPS) is 9.74. The molecule has 0 amide bonds. The van der Waals surface area contributed by atoms with Crippen LogP contribution in [0.4, 0.5) is 0 Å². The zero-order valence-corrected chi connectivity index (χ0v) is 10.0. The van der Waals surface area contributed by atoms with E-state index in [1.54, 1.807) is 24.3 Å². The number of hydrogen-bond acceptors (Lipinski definition) is 5. The summed E-state index contributed by atoms with van der Waals surface area (Å²) in [5, 5.41) is 26.7. The second kappa shape index (κ2) is 6.00. The van der Waals surface area contributed by atoms with Gasteiger partial charge in [-0.3, -0.25) is 4.98 Å². The molecule has 0 bridgehead atoms. The summed E-state index contributed by atoms with van der Waals surface area (Å²) in [4.78, 5) is 3.86. The smallest absolute Gasteiger partial charge is 0.487 e. The minimum absolute atomic E-state index is 0.275. The number of ether oxygens (including phenoxy) is 1. The Kier molecular flexibility index (Phi) is 4.13. The lowest BCUT2D eigenvalue weighted by Crippen LogP contribution is -2.30. The van der Waals surface area contributed by atoms with Gasteiger partial charge < -0.3 is 14.8 Å². The molecule has 0 saturated carbocycles.